The van der Waals surface area contributed by atoms with E-state index in [1.807, 2.05) is 37.4 Å². The zero-order valence-corrected chi connectivity index (χ0v) is 22.3. The van der Waals surface area contributed by atoms with Crippen LogP contribution in [0.5, 0.6) is 0 Å². The number of hydrogen-bond acceptors (Lipinski definition) is 8. The van der Waals surface area contributed by atoms with Crippen LogP contribution in [0.2, 0.25) is 0 Å². The molecule has 0 spiro atoms. The van der Waals surface area contributed by atoms with Crippen LogP contribution in [0.1, 0.15) is 25.0 Å². The van der Waals surface area contributed by atoms with Crippen molar-refractivity contribution in [2.75, 3.05) is 44.6 Å². The van der Waals surface area contributed by atoms with E-state index in [1.165, 1.54) is 0 Å². The first-order chi connectivity index (χ1) is 19.1. The molecule has 0 saturated carbocycles. The predicted octanol–water partition coefficient (Wildman–Crippen LogP) is 4.02. The third-order valence-electron chi connectivity index (χ3n) is 7.67. The van der Waals surface area contributed by atoms with Gasteiger partial charge in [0.2, 0.25) is 0 Å². The lowest BCUT2D eigenvalue weighted by Crippen LogP contribution is -2.36. The van der Waals surface area contributed by atoms with Crippen LogP contribution in [0.4, 0.5) is 5.69 Å². The largest absolute Gasteiger partial charge is 0.462 e. The molecule has 2 saturated heterocycles. The molecule has 6 rings (SSSR count). The summed E-state index contributed by atoms with van der Waals surface area (Å²) in [4.78, 5) is 32.1. The summed E-state index contributed by atoms with van der Waals surface area (Å²) in [5.74, 6) is -0.0345. The number of rotatable bonds is 8. The number of carbonyl (C=O) groups is 1. The predicted molar refractivity (Wildman–Crippen MR) is 152 cm³/mol. The molecule has 0 radical (unpaired) electrons. The van der Waals surface area contributed by atoms with Crippen molar-refractivity contribution < 1.29 is 9.53 Å². The Morgan fingerprint density at radius 3 is 2.90 bits per heavy atom. The van der Waals surface area contributed by atoms with Gasteiger partial charge in [-0.25, -0.2) is 4.98 Å². The molecule has 4 aromatic rings. The van der Waals surface area contributed by atoms with Crippen LogP contribution >= 0.6 is 0 Å². The van der Waals surface area contributed by atoms with Crippen molar-refractivity contribution in [1.29, 1.82) is 0 Å². The van der Waals surface area contributed by atoms with E-state index in [2.05, 4.69) is 53.7 Å². The number of hydrogen-bond donors (Lipinski definition) is 3. The number of piperidine rings is 1. The second kappa shape index (κ2) is 11.5. The Morgan fingerprint density at radius 2 is 2.03 bits per heavy atom. The normalized spacial score (nSPS) is 18.4. The van der Waals surface area contributed by atoms with Crippen molar-refractivity contribution in [3.05, 3.63) is 60.7 Å². The summed E-state index contributed by atoms with van der Waals surface area (Å²) < 4.78 is 5.77. The highest BCUT2D eigenvalue weighted by molar-refractivity contribution is 5.88. The molecule has 9 heteroatoms. The van der Waals surface area contributed by atoms with Gasteiger partial charge in [-0.05, 0) is 76.2 Å². The van der Waals surface area contributed by atoms with Gasteiger partial charge >= 0.3 is 5.97 Å². The molecular formula is C30H35N7O2. The number of imidazole rings is 1. The first-order valence-corrected chi connectivity index (χ1v) is 13.9. The number of aromatic nitrogens is 4. The molecule has 39 heavy (non-hydrogen) atoms. The van der Waals surface area contributed by atoms with Gasteiger partial charge in [0.25, 0.3) is 0 Å². The van der Waals surface area contributed by atoms with Gasteiger partial charge in [-0.2, -0.15) is 0 Å². The van der Waals surface area contributed by atoms with E-state index in [0.717, 1.165) is 103 Å². The number of aryl methyl sites for hydroxylation is 1. The molecule has 0 amide bonds. The lowest BCUT2D eigenvalue weighted by Gasteiger charge is -2.24. The number of nitrogens with zero attached hydrogens (tertiary/aromatic N) is 4. The highest BCUT2D eigenvalue weighted by Crippen LogP contribution is 2.30. The molecule has 9 nitrogen and oxygen atoms in total. The molecule has 202 valence electrons. The van der Waals surface area contributed by atoms with Crippen LogP contribution in [0, 0.1) is 12.8 Å². The highest BCUT2D eigenvalue weighted by atomic mass is 16.5. The zero-order chi connectivity index (χ0) is 26.6. The Hall–Kier alpha value is -3.82. The number of fused-ring (bicyclic) bond motifs is 1. The van der Waals surface area contributed by atoms with Crippen molar-refractivity contribution in [3.63, 3.8) is 0 Å². The van der Waals surface area contributed by atoms with Crippen molar-refractivity contribution in [1.82, 2.24) is 30.2 Å². The number of carbonyl (C=O) groups excluding carboxylic acids is 1. The quantitative estimate of drug-likeness (QED) is 0.296. The molecule has 0 unspecified atom stereocenters. The average Bonchev–Trinajstić information content (AvgIpc) is 3.64. The Kier molecular flexibility index (Phi) is 7.51. The average molecular weight is 526 g/mol. The minimum atomic E-state index is -0.0230. The first-order valence-electron chi connectivity index (χ1n) is 13.9. The maximum atomic E-state index is 12.6. The van der Waals surface area contributed by atoms with Gasteiger partial charge in [-0.1, -0.05) is 12.1 Å². The number of ether oxygens (including phenoxy) is 1. The second-order valence-corrected chi connectivity index (χ2v) is 10.5. The molecule has 3 aromatic heterocycles. The van der Waals surface area contributed by atoms with E-state index in [1.54, 1.807) is 6.33 Å². The topological polar surface area (TPSA) is 108 Å². The number of aromatic amines is 1. The fraction of sp³-hybridized carbons (Fsp3) is 0.400. The van der Waals surface area contributed by atoms with Gasteiger partial charge < -0.3 is 25.3 Å². The maximum Gasteiger partial charge on any atom is 0.310 e. The standard InChI is InChI=1S/C30H35N7O2/c1-20-3-2-4-27(36-20)29-28(34-19-35-29)21-5-6-26-23(15-21)16-24(17-33-26)32-12-14-37-13-9-22(18-37)30(38)39-25-7-10-31-11-8-25/h2-6,15-17,19,22,25,31-32H,7-14,18H2,1H3,(H,34,35)/t22-/m1/s1. The van der Waals surface area contributed by atoms with E-state index >= 15 is 0 Å². The third kappa shape index (κ3) is 5.94. The molecule has 1 atom stereocenters. The lowest BCUT2D eigenvalue weighted by molar-refractivity contribution is -0.154. The molecule has 5 heterocycles. The van der Waals surface area contributed by atoms with Crippen LogP contribution < -0.4 is 10.6 Å². The Bertz CT molecular complexity index is 1450. The number of pyridine rings is 2. The minimum Gasteiger partial charge on any atom is -0.462 e. The summed E-state index contributed by atoms with van der Waals surface area (Å²) in [6.07, 6.45) is 6.37. The Morgan fingerprint density at radius 1 is 1.13 bits per heavy atom. The zero-order valence-electron chi connectivity index (χ0n) is 22.3. The van der Waals surface area contributed by atoms with Gasteiger partial charge in [0.1, 0.15) is 6.10 Å². The van der Waals surface area contributed by atoms with Gasteiger partial charge in [-0.3, -0.25) is 14.8 Å². The van der Waals surface area contributed by atoms with E-state index in [-0.39, 0.29) is 18.0 Å². The van der Waals surface area contributed by atoms with Crippen molar-refractivity contribution in [3.8, 4) is 22.6 Å². The van der Waals surface area contributed by atoms with Crippen molar-refractivity contribution >= 4 is 22.6 Å². The first kappa shape index (κ1) is 25.5. The maximum absolute atomic E-state index is 12.6. The number of esters is 1. The highest BCUT2D eigenvalue weighted by Gasteiger charge is 2.31. The van der Waals surface area contributed by atoms with Gasteiger partial charge in [-0.15, -0.1) is 0 Å². The molecule has 2 aliphatic rings. The molecule has 3 N–H and O–H groups in total. The van der Waals surface area contributed by atoms with Crippen LogP contribution in [-0.2, 0) is 9.53 Å². The van der Waals surface area contributed by atoms with Crippen LogP contribution in [0.3, 0.4) is 0 Å². The number of nitrogens with one attached hydrogen (secondary N) is 3. The molecule has 0 bridgehead atoms. The molecule has 1 aromatic carbocycles. The summed E-state index contributed by atoms with van der Waals surface area (Å²) >= 11 is 0. The summed E-state index contributed by atoms with van der Waals surface area (Å²) in [5, 5.41) is 7.87. The van der Waals surface area contributed by atoms with Crippen LogP contribution in [-0.4, -0.2) is 76.2 Å². The van der Waals surface area contributed by atoms with Gasteiger partial charge in [0, 0.05) is 36.3 Å². The Labute approximate surface area is 228 Å². The summed E-state index contributed by atoms with van der Waals surface area (Å²) in [5.41, 5.74) is 6.54. The SMILES string of the molecule is Cc1cccc(-c2[nH]cnc2-c2ccc3ncc(NCCN4CC[C@@H](C(=O)OC5CCNCC5)C4)cc3c2)n1. The van der Waals surface area contributed by atoms with Crippen molar-refractivity contribution in [2.24, 2.45) is 5.92 Å². The van der Waals surface area contributed by atoms with Gasteiger partial charge in [0.05, 0.1) is 46.7 Å². The number of H-pyrrole nitrogens is 1. The van der Waals surface area contributed by atoms with Gasteiger partial charge in [0.15, 0.2) is 0 Å². The molecule has 2 fully saturated rings. The summed E-state index contributed by atoms with van der Waals surface area (Å²) in [6, 6.07) is 14.3. The smallest absolute Gasteiger partial charge is 0.310 e. The van der Waals surface area contributed by atoms with Crippen molar-refractivity contribution in [2.45, 2.75) is 32.3 Å². The summed E-state index contributed by atoms with van der Waals surface area (Å²) in [7, 11) is 0. The third-order valence-corrected chi connectivity index (χ3v) is 7.67. The molecular weight excluding hydrogens is 490 g/mol. The minimum absolute atomic E-state index is 0.0115. The molecule has 2 aliphatic heterocycles. The lowest BCUT2D eigenvalue weighted by atomic mass is 10.0. The van der Waals surface area contributed by atoms with E-state index in [0.29, 0.717) is 0 Å². The van der Waals surface area contributed by atoms with E-state index in [4.69, 9.17) is 4.74 Å². The van der Waals surface area contributed by atoms with E-state index in [9.17, 15) is 4.79 Å². The summed E-state index contributed by atoms with van der Waals surface area (Å²) in [6.45, 7) is 7.20. The van der Waals surface area contributed by atoms with Crippen LogP contribution in [0.25, 0.3) is 33.5 Å². The fourth-order valence-corrected chi connectivity index (χ4v) is 5.53. The van der Waals surface area contributed by atoms with Crippen LogP contribution in [0.15, 0.2) is 55.0 Å². The monoisotopic (exact) mass is 525 g/mol. The molecule has 0 aliphatic carbocycles. The second-order valence-electron chi connectivity index (χ2n) is 10.5. The number of likely N-dealkylation sites (tertiary alicyclic amines) is 1. The van der Waals surface area contributed by atoms with E-state index < -0.39 is 0 Å². The number of anilines is 1. The fourth-order valence-electron chi connectivity index (χ4n) is 5.53. The number of benzene rings is 1. The Balaban J connectivity index is 1.06.